The summed E-state index contributed by atoms with van der Waals surface area (Å²) in [6, 6.07) is 16.6. The molecule has 0 spiro atoms. The average molecular weight is 274 g/mol. The highest BCUT2D eigenvalue weighted by Gasteiger charge is 2.14. The molecule has 0 fully saturated rings. The van der Waals surface area contributed by atoms with Crippen molar-refractivity contribution in [3.63, 3.8) is 0 Å². The van der Waals surface area contributed by atoms with Gasteiger partial charge in [0.25, 0.3) is 10.0 Å². The van der Waals surface area contributed by atoms with Crippen molar-refractivity contribution in [1.82, 2.24) is 0 Å². The van der Waals surface area contributed by atoms with E-state index in [1.165, 1.54) is 0 Å². The molecule has 99 valence electrons. The summed E-state index contributed by atoms with van der Waals surface area (Å²) in [5, 5.41) is 0. The minimum absolute atomic E-state index is 0.269. The summed E-state index contributed by atoms with van der Waals surface area (Å²) in [7, 11) is -3.52. The molecule has 0 aliphatic heterocycles. The highest BCUT2D eigenvalue weighted by Crippen LogP contribution is 2.20. The molecule has 1 radical (unpaired) electrons. The number of anilines is 1. The molecule has 0 bridgehead atoms. The molecular weight excluding hydrogens is 258 g/mol. The monoisotopic (exact) mass is 274 g/mol. The lowest BCUT2D eigenvalue weighted by Crippen LogP contribution is -2.14. The Morgan fingerprint density at radius 1 is 1.16 bits per heavy atom. The first-order valence-corrected chi connectivity index (χ1v) is 7.68. The van der Waals surface area contributed by atoms with Crippen LogP contribution in [0.4, 0.5) is 5.69 Å². The van der Waals surface area contributed by atoms with Gasteiger partial charge in [0.15, 0.2) is 0 Å². The van der Waals surface area contributed by atoms with Gasteiger partial charge in [0, 0.05) is 0 Å². The van der Waals surface area contributed by atoms with E-state index in [1.54, 1.807) is 42.5 Å². The van der Waals surface area contributed by atoms with Gasteiger partial charge >= 0.3 is 0 Å². The molecule has 0 saturated heterocycles. The van der Waals surface area contributed by atoms with Gasteiger partial charge in [-0.2, -0.15) is 0 Å². The van der Waals surface area contributed by atoms with Crippen molar-refractivity contribution in [2.24, 2.45) is 0 Å². The van der Waals surface area contributed by atoms with Crippen molar-refractivity contribution in [1.29, 1.82) is 0 Å². The van der Waals surface area contributed by atoms with Crippen LogP contribution in [0.3, 0.4) is 0 Å². The van der Waals surface area contributed by atoms with Gasteiger partial charge in [-0.1, -0.05) is 37.6 Å². The summed E-state index contributed by atoms with van der Waals surface area (Å²) in [5.74, 6) is 0. The van der Waals surface area contributed by atoms with Gasteiger partial charge in [-0.15, -0.1) is 0 Å². The molecule has 4 heteroatoms. The summed E-state index contributed by atoms with van der Waals surface area (Å²) in [5.41, 5.74) is 1.59. The number of nitrogens with one attached hydrogen (secondary N) is 1. The molecule has 2 aromatic rings. The van der Waals surface area contributed by atoms with Gasteiger partial charge in [-0.3, -0.25) is 4.72 Å². The predicted molar refractivity (Wildman–Crippen MR) is 76.5 cm³/mol. The number of hydrogen-bond acceptors (Lipinski definition) is 2. The SMILES string of the molecule is CCCc1c[c]ccc1NS(=O)(=O)c1ccccc1. The second-order valence-corrected chi connectivity index (χ2v) is 5.93. The molecule has 3 nitrogen and oxygen atoms in total. The average Bonchev–Trinajstić information content (AvgIpc) is 2.42. The molecule has 0 heterocycles. The fourth-order valence-corrected chi connectivity index (χ4v) is 2.97. The maximum absolute atomic E-state index is 12.2. The van der Waals surface area contributed by atoms with Crippen LogP contribution >= 0.6 is 0 Å². The smallest absolute Gasteiger partial charge is 0.261 e. The molecule has 0 atom stereocenters. The van der Waals surface area contributed by atoms with Gasteiger partial charge in [0.05, 0.1) is 10.6 Å². The van der Waals surface area contributed by atoms with E-state index in [2.05, 4.69) is 17.7 Å². The van der Waals surface area contributed by atoms with Gasteiger partial charge < -0.3 is 0 Å². The predicted octanol–water partition coefficient (Wildman–Crippen LogP) is 3.24. The molecule has 19 heavy (non-hydrogen) atoms. The molecule has 0 unspecified atom stereocenters. The van der Waals surface area contributed by atoms with Crippen LogP contribution in [0.25, 0.3) is 0 Å². The van der Waals surface area contributed by atoms with E-state index in [4.69, 9.17) is 0 Å². The van der Waals surface area contributed by atoms with Gasteiger partial charge in [0.1, 0.15) is 0 Å². The molecule has 0 aliphatic carbocycles. The van der Waals surface area contributed by atoms with Crippen molar-refractivity contribution < 1.29 is 8.42 Å². The summed E-state index contributed by atoms with van der Waals surface area (Å²) in [6.07, 6.45) is 1.78. The zero-order valence-electron chi connectivity index (χ0n) is 10.8. The standard InChI is InChI=1S/C15H16NO2S/c1-2-8-13-9-6-7-12-15(13)16-19(17,18)14-10-4-3-5-11-14/h3-5,7,9-12,16H,2,8H2,1H3. The topological polar surface area (TPSA) is 46.2 Å². The van der Waals surface area contributed by atoms with Crippen LogP contribution in [-0.4, -0.2) is 8.42 Å². The Labute approximate surface area is 114 Å². The third-order valence-corrected chi connectivity index (χ3v) is 4.15. The number of rotatable bonds is 5. The van der Waals surface area contributed by atoms with Crippen molar-refractivity contribution in [2.75, 3.05) is 4.72 Å². The van der Waals surface area contributed by atoms with Gasteiger partial charge in [-0.25, -0.2) is 8.42 Å². The van der Waals surface area contributed by atoms with Crippen LogP contribution in [0.2, 0.25) is 0 Å². The zero-order valence-corrected chi connectivity index (χ0v) is 11.6. The number of sulfonamides is 1. The van der Waals surface area contributed by atoms with Crippen LogP contribution in [0.15, 0.2) is 53.4 Å². The third-order valence-electron chi connectivity index (χ3n) is 2.77. The van der Waals surface area contributed by atoms with Crippen molar-refractivity contribution >= 4 is 15.7 Å². The van der Waals surface area contributed by atoms with Crippen molar-refractivity contribution in [3.8, 4) is 0 Å². The fraction of sp³-hybridized carbons (Fsp3) is 0.200. The lowest BCUT2D eigenvalue weighted by atomic mass is 10.1. The first-order valence-electron chi connectivity index (χ1n) is 6.20. The highest BCUT2D eigenvalue weighted by molar-refractivity contribution is 7.92. The molecule has 2 rings (SSSR count). The third kappa shape index (κ3) is 3.35. The van der Waals surface area contributed by atoms with Crippen LogP contribution in [0.5, 0.6) is 0 Å². The number of benzene rings is 2. The van der Waals surface area contributed by atoms with E-state index in [9.17, 15) is 8.42 Å². The second kappa shape index (κ2) is 5.89. The lowest BCUT2D eigenvalue weighted by Gasteiger charge is -2.11. The lowest BCUT2D eigenvalue weighted by molar-refractivity contribution is 0.601. The molecule has 1 N–H and O–H groups in total. The van der Waals surface area contributed by atoms with E-state index in [-0.39, 0.29) is 4.90 Å². The molecule has 0 saturated carbocycles. The molecular formula is C15H16NO2S. The van der Waals surface area contributed by atoms with E-state index in [1.807, 2.05) is 6.07 Å². The van der Waals surface area contributed by atoms with Crippen LogP contribution < -0.4 is 4.72 Å². The first-order chi connectivity index (χ1) is 9.13. The highest BCUT2D eigenvalue weighted by atomic mass is 32.2. The van der Waals surface area contributed by atoms with Crippen LogP contribution in [-0.2, 0) is 16.4 Å². The van der Waals surface area contributed by atoms with Gasteiger partial charge in [-0.05, 0) is 42.3 Å². The van der Waals surface area contributed by atoms with E-state index < -0.39 is 10.0 Å². The normalized spacial score (nSPS) is 11.2. The fourth-order valence-electron chi connectivity index (χ4n) is 1.84. The Morgan fingerprint density at radius 3 is 2.58 bits per heavy atom. The molecule has 0 aromatic heterocycles. The van der Waals surface area contributed by atoms with E-state index >= 15 is 0 Å². The quantitative estimate of drug-likeness (QED) is 0.909. The number of hydrogen-bond donors (Lipinski definition) is 1. The summed E-state index contributed by atoms with van der Waals surface area (Å²) in [4.78, 5) is 0.269. The Balaban J connectivity index is 2.31. The van der Waals surface area contributed by atoms with E-state index in [0.717, 1.165) is 18.4 Å². The summed E-state index contributed by atoms with van der Waals surface area (Å²) < 4.78 is 27.1. The second-order valence-electron chi connectivity index (χ2n) is 4.25. The van der Waals surface area contributed by atoms with Crippen molar-refractivity contribution in [2.45, 2.75) is 24.7 Å². The minimum Gasteiger partial charge on any atom is -0.279 e. The Hall–Kier alpha value is -1.81. The summed E-state index contributed by atoms with van der Waals surface area (Å²) in [6.45, 7) is 2.06. The van der Waals surface area contributed by atoms with Crippen LogP contribution in [0, 0.1) is 6.07 Å². The van der Waals surface area contributed by atoms with Crippen LogP contribution in [0.1, 0.15) is 18.9 Å². The molecule has 0 amide bonds. The van der Waals surface area contributed by atoms with Gasteiger partial charge in [0.2, 0.25) is 0 Å². The first kappa shape index (κ1) is 13.6. The zero-order chi connectivity index (χ0) is 13.7. The Morgan fingerprint density at radius 2 is 1.89 bits per heavy atom. The van der Waals surface area contributed by atoms with Crippen molar-refractivity contribution in [3.05, 3.63) is 60.2 Å². The Kier molecular flexibility index (Phi) is 4.22. The largest absolute Gasteiger partial charge is 0.279 e. The maximum Gasteiger partial charge on any atom is 0.261 e. The molecule has 2 aromatic carbocycles. The molecule has 0 aliphatic rings. The summed E-state index contributed by atoms with van der Waals surface area (Å²) >= 11 is 0. The minimum atomic E-state index is -3.52. The number of aryl methyl sites for hydroxylation is 1. The maximum atomic E-state index is 12.2. The Bertz CT molecular complexity index is 636. The van der Waals surface area contributed by atoms with E-state index in [0.29, 0.717) is 5.69 Å².